The van der Waals surface area contributed by atoms with Gasteiger partial charge in [0, 0.05) is 11.4 Å². The van der Waals surface area contributed by atoms with E-state index in [2.05, 4.69) is 5.32 Å². The number of thiophene rings is 1. The molecule has 1 aromatic carbocycles. The average Bonchev–Trinajstić information content (AvgIpc) is 2.86. The second-order valence-electron chi connectivity index (χ2n) is 4.37. The minimum absolute atomic E-state index is 0.291. The Labute approximate surface area is 120 Å². The summed E-state index contributed by atoms with van der Waals surface area (Å²) in [7, 11) is 0. The van der Waals surface area contributed by atoms with E-state index in [-0.39, 0.29) is 5.82 Å². The van der Waals surface area contributed by atoms with Gasteiger partial charge in [0.25, 0.3) is 11.7 Å². The number of halogens is 1. The van der Waals surface area contributed by atoms with E-state index < -0.39 is 11.7 Å². The zero-order valence-electron chi connectivity index (χ0n) is 11.0. The number of ketones is 1. The first kappa shape index (κ1) is 14.4. The molecule has 1 heterocycles. The zero-order chi connectivity index (χ0) is 14.5. The monoisotopic (exact) mass is 291 g/mol. The van der Waals surface area contributed by atoms with Crippen LogP contribution in [0.25, 0.3) is 0 Å². The van der Waals surface area contributed by atoms with Crippen molar-refractivity contribution in [3.8, 4) is 0 Å². The Morgan fingerprint density at radius 3 is 2.45 bits per heavy atom. The zero-order valence-corrected chi connectivity index (χ0v) is 11.8. The fourth-order valence-electron chi connectivity index (χ4n) is 1.72. The predicted octanol–water partition coefficient (Wildman–Crippen LogP) is 2.74. The molecule has 0 spiro atoms. The molecule has 0 saturated carbocycles. The molecule has 0 aliphatic heterocycles. The normalized spacial score (nSPS) is 10.3. The Hall–Kier alpha value is -2.01. The minimum Gasteiger partial charge on any atom is -0.349 e. The van der Waals surface area contributed by atoms with Crippen LogP contribution >= 0.6 is 11.3 Å². The minimum atomic E-state index is -0.603. The standard InChI is InChI=1S/C15H14FNO2S/c1-10-2-7-13(20-10)14(18)15(19)17-9-8-11-3-5-12(16)6-4-11/h2-7H,8-9H2,1H3,(H,17,19). The third-order valence-corrected chi connectivity index (χ3v) is 3.78. The summed E-state index contributed by atoms with van der Waals surface area (Å²) in [4.78, 5) is 24.9. The van der Waals surface area contributed by atoms with Crippen LogP contribution in [0.15, 0.2) is 36.4 Å². The van der Waals surface area contributed by atoms with Crippen LogP contribution in [-0.2, 0) is 11.2 Å². The van der Waals surface area contributed by atoms with E-state index in [1.54, 1.807) is 18.2 Å². The number of nitrogens with one attached hydrogen (secondary N) is 1. The van der Waals surface area contributed by atoms with E-state index in [0.29, 0.717) is 17.8 Å². The summed E-state index contributed by atoms with van der Waals surface area (Å²) < 4.78 is 12.7. The summed E-state index contributed by atoms with van der Waals surface area (Å²) in [6.07, 6.45) is 0.558. The smallest absolute Gasteiger partial charge is 0.293 e. The number of amides is 1. The molecule has 0 unspecified atom stereocenters. The van der Waals surface area contributed by atoms with Gasteiger partial charge in [-0.1, -0.05) is 12.1 Å². The summed E-state index contributed by atoms with van der Waals surface area (Å²) in [5, 5.41) is 2.58. The molecule has 0 radical (unpaired) electrons. The van der Waals surface area contributed by atoms with Crippen LogP contribution in [0.3, 0.4) is 0 Å². The van der Waals surface area contributed by atoms with Crippen molar-refractivity contribution < 1.29 is 14.0 Å². The van der Waals surface area contributed by atoms with Gasteiger partial charge < -0.3 is 5.32 Å². The SMILES string of the molecule is Cc1ccc(C(=O)C(=O)NCCc2ccc(F)cc2)s1. The Kier molecular flexibility index (Phi) is 4.63. The van der Waals surface area contributed by atoms with Gasteiger partial charge in [0.05, 0.1) is 4.88 Å². The second-order valence-corrected chi connectivity index (χ2v) is 5.66. The maximum absolute atomic E-state index is 12.7. The number of carbonyl (C=O) groups is 2. The van der Waals surface area contributed by atoms with Crippen molar-refractivity contribution in [3.05, 3.63) is 57.5 Å². The van der Waals surface area contributed by atoms with E-state index in [9.17, 15) is 14.0 Å². The molecule has 20 heavy (non-hydrogen) atoms. The Balaban J connectivity index is 1.83. The van der Waals surface area contributed by atoms with Gasteiger partial charge in [-0.05, 0) is 43.2 Å². The molecule has 0 aliphatic carbocycles. The first-order valence-corrected chi connectivity index (χ1v) is 7.01. The maximum Gasteiger partial charge on any atom is 0.293 e. The van der Waals surface area contributed by atoms with Gasteiger partial charge in [0.1, 0.15) is 5.82 Å². The van der Waals surface area contributed by atoms with Gasteiger partial charge in [-0.3, -0.25) is 9.59 Å². The van der Waals surface area contributed by atoms with E-state index in [0.717, 1.165) is 10.4 Å². The van der Waals surface area contributed by atoms with Crippen LogP contribution in [0.1, 0.15) is 20.1 Å². The highest BCUT2D eigenvalue weighted by Gasteiger charge is 2.17. The van der Waals surface area contributed by atoms with Gasteiger partial charge in [-0.2, -0.15) is 0 Å². The van der Waals surface area contributed by atoms with Gasteiger partial charge in [0.2, 0.25) is 0 Å². The fraction of sp³-hybridized carbons (Fsp3) is 0.200. The molecule has 0 bridgehead atoms. The third-order valence-electron chi connectivity index (χ3n) is 2.78. The van der Waals surface area contributed by atoms with Crippen LogP contribution in [0.2, 0.25) is 0 Å². The molecule has 3 nitrogen and oxygen atoms in total. The molecule has 1 amide bonds. The van der Waals surface area contributed by atoms with Crippen LogP contribution in [0.5, 0.6) is 0 Å². The fourth-order valence-corrected chi connectivity index (χ4v) is 2.52. The van der Waals surface area contributed by atoms with E-state index in [1.165, 1.54) is 23.5 Å². The summed E-state index contributed by atoms with van der Waals surface area (Å²) in [5.41, 5.74) is 0.908. The number of Topliss-reactive ketones (excluding diaryl/α,β-unsaturated/α-hetero) is 1. The topological polar surface area (TPSA) is 46.2 Å². The van der Waals surface area contributed by atoms with Crippen molar-refractivity contribution in [2.45, 2.75) is 13.3 Å². The molecule has 0 saturated heterocycles. The molecule has 0 aliphatic rings. The van der Waals surface area contributed by atoms with E-state index in [4.69, 9.17) is 0 Å². The van der Waals surface area contributed by atoms with Crippen molar-refractivity contribution >= 4 is 23.0 Å². The highest BCUT2D eigenvalue weighted by atomic mass is 32.1. The molecule has 5 heteroatoms. The summed E-state index contributed by atoms with van der Waals surface area (Å²) in [5.74, 6) is -1.41. The van der Waals surface area contributed by atoms with Crippen LogP contribution < -0.4 is 5.32 Å². The summed E-state index contributed by atoms with van der Waals surface area (Å²) in [6.45, 7) is 2.23. The molecular formula is C15H14FNO2S. The lowest BCUT2D eigenvalue weighted by Crippen LogP contribution is -2.32. The van der Waals surface area contributed by atoms with Crippen molar-refractivity contribution in [2.75, 3.05) is 6.54 Å². The Bertz CT molecular complexity index is 619. The van der Waals surface area contributed by atoms with Crippen LogP contribution in [0.4, 0.5) is 4.39 Å². The van der Waals surface area contributed by atoms with Gasteiger partial charge >= 0.3 is 0 Å². The Morgan fingerprint density at radius 1 is 1.15 bits per heavy atom. The molecule has 104 valence electrons. The molecule has 1 aromatic heterocycles. The number of carbonyl (C=O) groups excluding carboxylic acids is 2. The Morgan fingerprint density at radius 2 is 1.85 bits per heavy atom. The molecule has 2 aromatic rings. The van der Waals surface area contributed by atoms with Gasteiger partial charge in [-0.15, -0.1) is 11.3 Å². The van der Waals surface area contributed by atoms with Crippen LogP contribution in [-0.4, -0.2) is 18.2 Å². The number of hydrogen-bond donors (Lipinski definition) is 1. The lowest BCUT2D eigenvalue weighted by Gasteiger charge is -2.04. The van der Waals surface area contributed by atoms with Crippen molar-refractivity contribution in [1.82, 2.24) is 5.32 Å². The first-order valence-electron chi connectivity index (χ1n) is 6.19. The average molecular weight is 291 g/mol. The second kappa shape index (κ2) is 6.43. The van der Waals surface area contributed by atoms with Crippen molar-refractivity contribution in [2.24, 2.45) is 0 Å². The highest BCUT2D eigenvalue weighted by Crippen LogP contribution is 2.15. The first-order chi connectivity index (χ1) is 9.56. The van der Waals surface area contributed by atoms with E-state index >= 15 is 0 Å². The number of benzene rings is 1. The third kappa shape index (κ3) is 3.74. The number of rotatable bonds is 5. The molecule has 0 atom stereocenters. The molecule has 1 N–H and O–H groups in total. The lowest BCUT2D eigenvalue weighted by atomic mass is 10.1. The molecule has 2 rings (SSSR count). The predicted molar refractivity (Wildman–Crippen MR) is 76.5 cm³/mol. The van der Waals surface area contributed by atoms with Gasteiger partial charge in [0.15, 0.2) is 0 Å². The quantitative estimate of drug-likeness (QED) is 0.680. The van der Waals surface area contributed by atoms with Crippen molar-refractivity contribution in [1.29, 1.82) is 0 Å². The van der Waals surface area contributed by atoms with Crippen LogP contribution in [0, 0.1) is 12.7 Å². The largest absolute Gasteiger partial charge is 0.349 e. The maximum atomic E-state index is 12.7. The summed E-state index contributed by atoms with van der Waals surface area (Å²) >= 11 is 1.30. The number of hydrogen-bond acceptors (Lipinski definition) is 3. The van der Waals surface area contributed by atoms with Crippen molar-refractivity contribution in [3.63, 3.8) is 0 Å². The molecule has 0 fully saturated rings. The molecular weight excluding hydrogens is 277 g/mol. The highest BCUT2D eigenvalue weighted by molar-refractivity contribution is 7.14. The lowest BCUT2D eigenvalue weighted by molar-refractivity contribution is -0.116. The van der Waals surface area contributed by atoms with E-state index in [1.807, 2.05) is 13.0 Å². The number of aryl methyl sites for hydroxylation is 1. The summed E-state index contributed by atoms with van der Waals surface area (Å²) in [6, 6.07) is 9.52. The van der Waals surface area contributed by atoms with Gasteiger partial charge in [-0.25, -0.2) is 4.39 Å².